The van der Waals surface area contributed by atoms with Crippen molar-refractivity contribution in [3.63, 3.8) is 0 Å². The summed E-state index contributed by atoms with van der Waals surface area (Å²) in [5, 5.41) is 4.19. The lowest BCUT2D eigenvalue weighted by molar-refractivity contribution is 0.635. The van der Waals surface area contributed by atoms with E-state index < -0.39 is 0 Å². The molecule has 4 rings (SSSR count). The Hall–Kier alpha value is -2.25. The van der Waals surface area contributed by atoms with Gasteiger partial charge < -0.3 is 4.42 Å². The van der Waals surface area contributed by atoms with Gasteiger partial charge in [0.2, 0.25) is 0 Å². The molecule has 0 bridgehead atoms. The molecule has 0 amide bonds. The number of rotatable bonds is 1. The number of halogens is 1. The van der Waals surface area contributed by atoms with E-state index in [1.165, 1.54) is 5.39 Å². The molecule has 0 saturated heterocycles. The summed E-state index contributed by atoms with van der Waals surface area (Å²) in [4.78, 5) is 0. The Morgan fingerprint density at radius 1 is 0.750 bits per heavy atom. The summed E-state index contributed by atoms with van der Waals surface area (Å²) in [6.07, 6.45) is 0. The van der Waals surface area contributed by atoms with E-state index in [0.29, 0.717) is 0 Å². The maximum Gasteiger partial charge on any atom is 0.142 e. The third-order valence-electron chi connectivity index (χ3n) is 3.54. The quantitative estimate of drug-likeness (QED) is 0.422. The number of furan rings is 1. The van der Waals surface area contributed by atoms with Gasteiger partial charge in [0.1, 0.15) is 11.3 Å². The first-order valence-electron chi connectivity index (χ1n) is 6.48. The molecular formula is C18H11ClO. The second kappa shape index (κ2) is 4.39. The first-order chi connectivity index (χ1) is 9.81. The Kier molecular flexibility index (Phi) is 2.54. The molecule has 0 aliphatic carbocycles. The van der Waals surface area contributed by atoms with Gasteiger partial charge in [0.05, 0.1) is 0 Å². The molecule has 0 atom stereocenters. The van der Waals surface area contributed by atoms with E-state index in [9.17, 15) is 0 Å². The third-order valence-corrected chi connectivity index (χ3v) is 3.79. The van der Waals surface area contributed by atoms with Crippen LogP contribution in [0.15, 0.2) is 71.1 Å². The molecule has 20 heavy (non-hydrogen) atoms. The smallest absolute Gasteiger partial charge is 0.142 e. The van der Waals surface area contributed by atoms with Gasteiger partial charge in [0, 0.05) is 21.4 Å². The van der Waals surface area contributed by atoms with Gasteiger partial charge in [-0.2, -0.15) is 0 Å². The van der Waals surface area contributed by atoms with Gasteiger partial charge in [-0.25, -0.2) is 0 Å². The first-order valence-corrected chi connectivity index (χ1v) is 6.86. The minimum atomic E-state index is 0.732. The SMILES string of the molecule is Clc1ccc(-c2cc3ccc4ccccc4c3o2)cc1. The maximum atomic E-state index is 6.06. The number of benzene rings is 3. The van der Waals surface area contributed by atoms with Crippen LogP contribution in [0, 0.1) is 0 Å². The fourth-order valence-electron chi connectivity index (χ4n) is 2.52. The Balaban J connectivity index is 1.98. The summed E-state index contributed by atoms with van der Waals surface area (Å²) in [5.41, 5.74) is 1.97. The van der Waals surface area contributed by atoms with Crippen molar-refractivity contribution in [2.75, 3.05) is 0 Å². The average Bonchev–Trinajstić information content (AvgIpc) is 2.92. The van der Waals surface area contributed by atoms with Crippen molar-refractivity contribution in [3.8, 4) is 11.3 Å². The van der Waals surface area contributed by atoms with E-state index in [2.05, 4.69) is 30.3 Å². The molecule has 0 radical (unpaired) electrons. The van der Waals surface area contributed by atoms with Crippen molar-refractivity contribution in [1.82, 2.24) is 0 Å². The number of hydrogen-bond acceptors (Lipinski definition) is 1. The summed E-state index contributed by atoms with van der Waals surface area (Å²) in [5.74, 6) is 0.869. The summed E-state index contributed by atoms with van der Waals surface area (Å²) < 4.78 is 6.06. The first kappa shape index (κ1) is 11.6. The normalized spacial score (nSPS) is 11.2. The fourth-order valence-corrected chi connectivity index (χ4v) is 2.65. The molecule has 0 aliphatic rings. The van der Waals surface area contributed by atoms with Crippen LogP contribution in [0.4, 0.5) is 0 Å². The van der Waals surface area contributed by atoms with Crippen molar-refractivity contribution >= 4 is 33.3 Å². The Bertz CT molecular complexity index is 904. The fraction of sp³-hybridized carbons (Fsp3) is 0. The second-order valence-corrected chi connectivity index (χ2v) is 5.26. The zero-order valence-corrected chi connectivity index (χ0v) is 11.4. The van der Waals surface area contributed by atoms with Gasteiger partial charge in [-0.05, 0) is 35.7 Å². The minimum Gasteiger partial charge on any atom is -0.455 e. The standard InChI is InChI=1S/C18H11ClO/c19-15-9-7-13(8-10-15)17-11-14-6-5-12-3-1-2-4-16(12)18(14)20-17/h1-11H. The lowest BCUT2D eigenvalue weighted by Gasteiger charge is -1.98. The molecule has 0 unspecified atom stereocenters. The van der Waals surface area contributed by atoms with Crippen LogP contribution in [0.5, 0.6) is 0 Å². The van der Waals surface area contributed by atoms with Gasteiger partial charge in [-0.3, -0.25) is 0 Å². The Morgan fingerprint density at radius 2 is 1.50 bits per heavy atom. The summed E-state index contributed by atoms with van der Waals surface area (Å²) in [6.45, 7) is 0. The predicted molar refractivity (Wildman–Crippen MR) is 84.2 cm³/mol. The summed E-state index contributed by atoms with van der Waals surface area (Å²) in [6, 6.07) is 22.3. The molecule has 2 heteroatoms. The largest absolute Gasteiger partial charge is 0.455 e. The van der Waals surface area contributed by atoms with Crippen LogP contribution in [-0.4, -0.2) is 0 Å². The van der Waals surface area contributed by atoms with Gasteiger partial charge in [0.15, 0.2) is 0 Å². The van der Waals surface area contributed by atoms with Crippen LogP contribution in [-0.2, 0) is 0 Å². The van der Waals surface area contributed by atoms with Crippen molar-refractivity contribution in [2.24, 2.45) is 0 Å². The number of fused-ring (bicyclic) bond motifs is 3. The lowest BCUT2D eigenvalue weighted by Crippen LogP contribution is -1.72. The van der Waals surface area contributed by atoms with Gasteiger partial charge in [-0.15, -0.1) is 0 Å². The molecule has 1 heterocycles. The molecule has 0 spiro atoms. The van der Waals surface area contributed by atoms with Crippen LogP contribution >= 0.6 is 11.6 Å². The van der Waals surface area contributed by atoms with Crippen molar-refractivity contribution in [1.29, 1.82) is 0 Å². The molecule has 0 N–H and O–H groups in total. The zero-order valence-electron chi connectivity index (χ0n) is 10.6. The maximum absolute atomic E-state index is 6.06. The van der Waals surface area contributed by atoms with Gasteiger partial charge in [0.25, 0.3) is 0 Å². The molecule has 96 valence electrons. The molecule has 0 aliphatic heterocycles. The molecule has 0 saturated carbocycles. The van der Waals surface area contributed by atoms with E-state index in [0.717, 1.165) is 32.7 Å². The van der Waals surface area contributed by atoms with Gasteiger partial charge in [-0.1, -0.05) is 48.0 Å². The van der Waals surface area contributed by atoms with Crippen molar-refractivity contribution in [2.45, 2.75) is 0 Å². The van der Waals surface area contributed by atoms with E-state index in [1.807, 2.05) is 36.4 Å². The zero-order chi connectivity index (χ0) is 13.5. The van der Waals surface area contributed by atoms with Gasteiger partial charge >= 0.3 is 0 Å². The second-order valence-electron chi connectivity index (χ2n) is 4.82. The third kappa shape index (κ3) is 1.79. The molecule has 1 aromatic heterocycles. The Labute approximate surface area is 121 Å². The molecule has 3 aromatic carbocycles. The van der Waals surface area contributed by atoms with E-state index in [4.69, 9.17) is 16.0 Å². The van der Waals surface area contributed by atoms with Crippen molar-refractivity contribution in [3.05, 3.63) is 71.8 Å². The van der Waals surface area contributed by atoms with Crippen molar-refractivity contribution < 1.29 is 4.42 Å². The average molecular weight is 279 g/mol. The van der Waals surface area contributed by atoms with Crippen LogP contribution in [0.25, 0.3) is 33.1 Å². The number of hydrogen-bond donors (Lipinski definition) is 0. The van der Waals surface area contributed by atoms with E-state index >= 15 is 0 Å². The topological polar surface area (TPSA) is 13.1 Å². The van der Waals surface area contributed by atoms with Crippen LogP contribution in [0.1, 0.15) is 0 Å². The molecule has 4 aromatic rings. The summed E-state index contributed by atoms with van der Waals surface area (Å²) >= 11 is 5.93. The van der Waals surface area contributed by atoms with Crippen LogP contribution in [0.3, 0.4) is 0 Å². The minimum absolute atomic E-state index is 0.732. The highest BCUT2D eigenvalue weighted by Gasteiger charge is 2.08. The predicted octanol–water partition coefficient (Wildman–Crippen LogP) is 5.91. The van der Waals surface area contributed by atoms with E-state index in [-0.39, 0.29) is 0 Å². The molecule has 0 fully saturated rings. The highest BCUT2D eigenvalue weighted by molar-refractivity contribution is 6.30. The van der Waals surface area contributed by atoms with Crippen LogP contribution in [0.2, 0.25) is 5.02 Å². The van der Waals surface area contributed by atoms with Crippen LogP contribution < -0.4 is 0 Å². The lowest BCUT2D eigenvalue weighted by atomic mass is 10.1. The Morgan fingerprint density at radius 3 is 2.35 bits per heavy atom. The molecule has 1 nitrogen and oxygen atoms in total. The monoisotopic (exact) mass is 278 g/mol. The summed E-state index contributed by atoms with van der Waals surface area (Å²) in [7, 11) is 0. The van der Waals surface area contributed by atoms with E-state index in [1.54, 1.807) is 0 Å². The highest BCUT2D eigenvalue weighted by atomic mass is 35.5. The molecular weight excluding hydrogens is 268 g/mol. The highest BCUT2D eigenvalue weighted by Crippen LogP contribution is 2.33.